The minimum Gasteiger partial charge on any atom is -0.487 e. The molecular weight excluding hydrogens is 372 g/mol. The van der Waals surface area contributed by atoms with E-state index in [9.17, 15) is 4.79 Å². The van der Waals surface area contributed by atoms with E-state index in [1.165, 1.54) is 0 Å². The van der Waals surface area contributed by atoms with E-state index in [-0.39, 0.29) is 6.23 Å². The summed E-state index contributed by atoms with van der Waals surface area (Å²) in [5.74, 6) is 0.630. The van der Waals surface area contributed by atoms with Crippen molar-refractivity contribution in [1.82, 2.24) is 14.8 Å². The second-order valence-electron chi connectivity index (χ2n) is 6.78. The Morgan fingerprint density at radius 3 is 2.97 bits per heavy atom. The number of hydrogen-bond acceptors (Lipinski definition) is 5. The predicted molar refractivity (Wildman–Crippen MR) is 107 cm³/mol. The number of nitrogens with one attached hydrogen (secondary N) is 1. The molecule has 0 aliphatic carbocycles. The molecule has 150 valence electrons. The number of pyridine rings is 1. The van der Waals surface area contributed by atoms with Crippen molar-refractivity contribution < 1.29 is 19.4 Å². The van der Waals surface area contributed by atoms with Gasteiger partial charge in [-0.3, -0.25) is 10.3 Å². The topological polar surface area (TPSA) is 98.5 Å². The number of benzene rings is 1. The Morgan fingerprint density at radius 1 is 1.28 bits per heavy atom. The normalized spacial score (nSPS) is 16.3. The highest BCUT2D eigenvalue weighted by atomic mass is 16.5. The molecule has 4 rings (SSSR count). The average Bonchev–Trinajstić information content (AvgIpc) is 3.23. The van der Waals surface area contributed by atoms with E-state index >= 15 is 0 Å². The molecule has 29 heavy (non-hydrogen) atoms. The highest BCUT2D eigenvalue weighted by Crippen LogP contribution is 2.28. The third-order valence-electron chi connectivity index (χ3n) is 4.68. The molecule has 0 saturated carbocycles. The molecule has 1 aliphatic heterocycles. The fourth-order valence-electron chi connectivity index (χ4n) is 3.31. The van der Waals surface area contributed by atoms with Crippen LogP contribution in [0, 0.1) is 0 Å². The van der Waals surface area contributed by atoms with Gasteiger partial charge in [0.15, 0.2) is 6.23 Å². The zero-order valence-electron chi connectivity index (χ0n) is 15.8. The van der Waals surface area contributed by atoms with Gasteiger partial charge in [0.1, 0.15) is 12.4 Å². The zero-order chi connectivity index (χ0) is 20.1. The Labute approximate surface area is 168 Å². The van der Waals surface area contributed by atoms with Gasteiger partial charge in [-0.15, -0.1) is 0 Å². The van der Waals surface area contributed by atoms with E-state index in [0.717, 1.165) is 42.8 Å². The minimum absolute atomic E-state index is 0.0434. The first kappa shape index (κ1) is 18.9. The molecule has 8 nitrogen and oxygen atoms in total. The summed E-state index contributed by atoms with van der Waals surface area (Å²) < 4.78 is 13.5. The molecule has 3 aromatic rings. The van der Waals surface area contributed by atoms with Crippen molar-refractivity contribution in [2.75, 3.05) is 11.9 Å². The van der Waals surface area contributed by atoms with E-state index < -0.39 is 6.09 Å². The third kappa shape index (κ3) is 4.72. The van der Waals surface area contributed by atoms with Gasteiger partial charge in [0.05, 0.1) is 17.6 Å². The van der Waals surface area contributed by atoms with Crippen LogP contribution in [0.2, 0.25) is 0 Å². The molecule has 2 N–H and O–H groups in total. The lowest BCUT2D eigenvalue weighted by atomic mass is 10.2. The number of nitrogens with zero attached hydrogens (tertiary/aromatic N) is 3. The molecule has 1 aromatic carbocycles. The van der Waals surface area contributed by atoms with Crippen molar-refractivity contribution in [3.63, 3.8) is 0 Å². The standard InChI is InChI=1S/C21H22N4O4/c26-21(27)24-16-5-3-4-15(12-16)14-29-17-7-8-18(22-13-17)19-9-10-23-25(19)20-6-1-2-11-28-20/h3-5,7-10,12-13,20,24H,1-2,6,11,14H2,(H,26,27). The molecule has 8 heteroatoms. The monoisotopic (exact) mass is 394 g/mol. The highest BCUT2D eigenvalue weighted by molar-refractivity contribution is 5.82. The summed E-state index contributed by atoms with van der Waals surface area (Å²) >= 11 is 0. The van der Waals surface area contributed by atoms with Gasteiger partial charge in [0.2, 0.25) is 0 Å². The number of carboxylic acid groups (broad SMARTS) is 1. The van der Waals surface area contributed by atoms with Crippen molar-refractivity contribution >= 4 is 11.8 Å². The summed E-state index contributed by atoms with van der Waals surface area (Å²) in [5.41, 5.74) is 3.07. The molecule has 3 heterocycles. The van der Waals surface area contributed by atoms with Gasteiger partial charge < -0.3 is 14.6 Å². The molecule has 0 spiro atoms. The van der Waals surface area contributed by atoms with E-state index in [0.29, 0.717) is 18.0 Å². The maximum atomic E-state index is 10.7. The number of ether oxygens (including phenoxy) is 2. The summed E-state index contributed by atoms with van der Waals surface area (Å²) in [6.45, 7) is 1.07. The fourth-order valence-corrected chi connectivity index (χ4v) is 3.31. The zero-order valence-corrected chi connectivity index (χ0v) is 15.8. The lowest BCUT2D eigenvalue weighted by Crippen LogP contribution is -2.20. The van der Waals surface area contributed by atoms with E-state index in [1.807, 2.05) is 28.9 Å². The molecule has 0 bridgehead atoms. The largest absolute Gasteiger partial charge is 0.487 e. The van der Waals surface area contributed by atoms with Gasteiger partial charge in [0, 0.05) is 18.5 Å². The summed E-state index contributed by atoms with van der Waals surface area (Å²) in [6.07, 6.45) is 5.47. The second-order valence-corrected chi connectivity index (χ2v) is 6.78. The number of anilines is 1. The SMILES string of the molecule is O=C(O)Nc1cccc(COc2ccc(-c3ccnn3C3CCCCO3)nc2)c1. The van der Waals surface area contributed by atoms with Gasteiger partial charge in [-0.25, -0.2) is 9.48 Å². The van der Waals surface area contributed by atoms with Crippen LogP contribution in [0.4, 0.5) is 10.5 Å². The smallest absolute Gasteiger partial charge is 0.409 e. The Morgan fingerprint density at radius 2 is 2.21 bits per heavy atom. The van der Waals surface area contributed by atoms with Gasteiger partial charge in [-0.2, -0.15) is 5.10 Å². The van der Waals surface area contributed by atoms with Gasteiger partial charge in [0.25, 0.3) is 0 Å². The molecule has 1 aliphatic rings. The molecular formula is C21H22N4O4. The summed E-state index contributed by atoms with van der Waals surface area (Å²) in [7, 11) is 0. The van der Waals surface area contributed by atoms with Crippen LogP contribution in [0.15, 0.2) is 54.9 Å². The van der Waals surface area contributed by atoms with Crippen LogP contribution in [0.5, 0.6) is 5.75 Å². The first-order valence-corrected chi connectivity index (χ1v) is 9.52. The van der Waals surface area contributed by atoms with Gasteiger partial charge in [-0.1, -0.05) is 12.1 Å². The van der Waals surface area contributed by atoms with Crippen LogP contribution in [-0.4, -0.2) is 32.6 Å². The lowest BCUT2D eigenvalue weighted by molar-refractivity contribution is -0.0384. The molecule has 1 atom stereocenters. The summed E-state index contributed by atoms with van der Waals surface area (Å²) in [4.78, 5) is 15.3. The molecule has 1 amide bonds. The highest BCUT2D eigenvalue weighted by Gasteiger charge is 2.20. The van der Waals surface area contributed by atoms with Gasteiger partial charge >= 0.3 is 6.09 Å². The quantitative estimate of drug-likeness (QED) is 0.646. The van der Waals surface area contributed by atoms with Crippen LogP contribution >= 0.6 is 0 Å². The number of amides is 1. The van der Waals surface area contributed by atoms with Crippen molar-refractivity contribution in [2.24, 2.45) is 0 Å². The molecule has 0 radical (unpaired) electrons. The van der Waals surface area contributed by atoms with Crippen LogP contribution < -0.4 is 10.1 Å². The van der Waals surface area contributed by atoms with Crippen molar-refractivity contribution in [1.29, 1.82) is 0 Å². The Balaban J connectivity index is 1.41. The Bertz CT molecular complexity index is 965. The van der Waals surface area contributed by atoms with Crippen molar-refractivity contribution in [3.05, 3.63) is 60.4 Å². The average molecular weight is 394 g/mol. The van der Waals surface area contributed by atoms with Gasteiger partial charge in [-0.05, 0) is 55.2 Å². The molecule has 1 fully saturated rings. The number of aromatic nitrogens is 3. The third-order valence-corrected chi connectivity index (χ3v) is 4.68. The fraction of sp³-hybridized carbons (Fsp3) is 0.286. The first-order chi connectivity index (χ1) is 14.2. The Hall–Kier alpha value is -3.39. The molecule has 2 aromatic heterocycles. The van der Waals surface area contributed by atoms with Crippen LogP contribution in [0.3, 0.4) is 0 Å². The van der Waals surface area contributed by atoms with E-state index in [2.05, 4.69) is 15.4 Å². The van der Waals surface area contributed by atoms with Crippen molar-refractivity contribution in [2.45, 2.75) is 32.1 Å². The van der Waals surface area contributed by atoms with Crippen LogP contribution in [-0.2, 0) is 11.3 Å². The Kier molecular flexibility index (Phi) is 5.71. The molecule has 1 unspecified atom stereocenters. The van der Waals surface area contributed by atoms with Crippen molar-refractivity contribution in [3.8, 4) is 17.1 Å². The number of carbonyl (C=O) groups is 1. The van der Waals surface area contributed by atoms with E-state index in [4.69, 9.17) is 14.6 Å². The lowest BCUT2D eigenvalue weighted by Gasteiger charge is -2.24. The number of hydrogen-bond donors (Lipinski definition) is 2. The maximum absolute atomic E-state index is 10.7. The first-order valence-electron chi connectivity index (χ1n) is 9.52. The summed E-state index contributed by atoms with van der Waals surface area (Å²) in [6, 6.07) is 12.8. The summed E-state index contributed by atoms with van der Waals surface area (Å²) in [5, 5.41) is 15.6. The van der Waals surface area contributed by atoms with E-state index in [1.54, 1.807) is 30.6 Å². The predicted octanol–water partition coefficient (Wildman–Crippen LogP) is 4.31. The maximum Gasteiger partial charge on any atom is 0.409 e. The molecule has 1 saturated heterocycles. The van der Waals surface area contributed by atoms with Crippen LogP contribution in [0.1, 0.15) is 31.1 Å². The second kappa shape index (κ2) is 8.74. The van der Waals surface area contributed by atoms with Crippen LogP contribution in [0.25, 0.3) is 11.4 Å². The number of rotatable bonds is 6. The minimum atomic E-state index is -1.10.